The number of halogens is 2. The number of nitrogens with zero attached hydrogens (tertiary/aromatic N) is 1. The second kappa shape index (κ2) is 6.02. The lowest BCUT2D eigenvalue weighted by atomic mass is 10.1. The van der Waals surface area contributed by atoms with Crippen LogP contribution in [0.2, 0.25) is 0 Å². The molecule has 2 aromatic carbocycles. The van der Waals surface area contributed by atoms with Crippen LogP contribution >= 0.6 is 15.9 Å². The number of hydrogen-bond acceptors (Lipinski definition) is 2. The Morgan fingerprint density at radius 3 is 2.45 bits per heavy atom. The van der Waals surface area contributed by atoms with Gasteiger partial charge in [-0.05, 0) is 42.0 Å². The van der Waals surface area contributed by atoms with Gasteiger partial charge in [-0.1, -0.05) is 22.0 Å². The van der Waals surface area contributed by atoms with E-state index in [0.29, 0.717) is 11.3 Å². The van der Waals surface area contributed by atoms with Crippen LogP contribution in [0, 0.1) is 5.82 Å². The number of amides is 2. The van der Waals surface area contributed by atoms with Gasteiger partial charge in [-0.15, -0.1) is 0 Å². The monoisotopic (exact) mass is 338 g/mol. The van der Waals surface area contributed by atoms with Crippen molar-refractivity contribution in [3.8, 4) is 0 Å². The van der Waals surface area contributed by atoms with Crippen molar-refractivity contribution in [2.75, 3.05) is 4.90 Å². The molecule has 0 aliphatic carbocycles. The molecule has 0 heterocycles. The predicted molar refractivity (Wildman–Crippen MR) is 78.2 cm³/mol. The Morgan fingerprint density at radius 2 is 1.90 bits per heavy atom. The van der Waals surface area contributed by atoms with Gasteiger partial charge < -0.3 is 10.8 Å². The molecule has 0 saturated carbocycles. The highest BCUT2D eigenvalue weighted by molar-refractivity contribution is 9.10. The number of rotatable bonds is 3. The Labute approximate surface area is 123 Å². The van der Waals surface area contributed by atoms with E-state index in [-0.39, 0.29) is 12.3 Å². The molecule has 0 saturated heterocycles. The number of benzene rings is 2. The van der Waals surface area contributed by atoms with Crippen LogP contribution in [-0.4, -0.2) is 11.1 Å². The van der Waals surface area contributed by atoms with Gasteiger partial charge in [-0.2, -0.15) is 0 Å². The van der Waals surface area contributed by atoms with Gasteiger partial charge in [-0.25, -0.2) is 9.18 Å². The molecule has 3 N–H and O–H groups in total. The Morgan fingerprint density at radius 1 is 1.25 bits per heavy atom. The van der Waals surface area contributed by atoms with Crippen molar-refractivity contribution in [1.29, 1.82) is 0 Å². The summed E-state index contributed by atoms with van der Waals surface area (Å²) in [6, 6.07) is 9.94. The number of primary amides is 1. The number of aliphatic hydroxyl groups is 1. The van der Waals surface area contributed by atoms with E-state index in [1.54, 1.807) is 24.3 Å². The summed E-state index contributed by atoms with van der Waals surface area (Å²) < 4.78 is 14.8. The number of anilines is 2. The summed E-state index contributed by atoms with van der Waals surface area (Å²) in [4.78, 5) is 12.7. The Kier molecular flexibility index (Phi) is 4.36. The first-order chi connectivity index (χ1) is 9.52. The summed E-state index contributed by atoms with van der Waals surface area (Å²) in [6.45, 7) is -0.250. The van der Waals surface area contributed by atoms with E-state index in [1.807, 2.05) is 0 Å². The molecule has 104 valence electrons. The molecule has 0 aromatic heterocycles. The number of carbonyl (C=O) groups is 1. The average Bonchev–Trinajstić information content (AvgIpc) is 2.43. The van der Waals surface area contributed by atoms with Crippen molar-refractivity contribution in [3.05, 3.63) is 58.3 Å². The quantitative estimate of drug-likeness (QED) is 0.901. The van der Waals surface area contributed by atoms with Crippen LogP contribution in [0.3, 0.4) is 0 Å². The highest BCUT2D eigenvalue weighted by Gasteiger charge is 2.19. The molecule has 6 heteroatoms. The van der Waals surface area contributed by atoms with E-state index in [4.69, 9.17) is 10.8 Å². The first-order valence-electron chi connectivity index (χ1n) is 5.77. The Hall–Kier alpha value is -1.92. The smallest absolute Gasteiger partial charge is 0.323 e. The summed E-state index contributed by atoms with van der Waals surface area (Å²) in [5.41, 5.74) is 6.28. The van der Waals surface area contributed by atoms with Gasteiger partial charge in [0.1, 0.15) is 5.82 Å². The Balaban J connectivity index is 2.53. The summed E-state index contributed by atoms with van der Waals surface area (Å²) in [7, 11) is 0. The number of urea groups is 1. The summed E-state index contributed by atoms with van der Waals surface area (Å²) in [5, 5.41) is 9.12. The lowest BCUT2D eigenvalue weighted by Crippen LogP contribution is -2.32. The zero-order valence-electron chi connectivity index (χ0n) is 10.4. The maximum atomic E-state index is 13.9. The number of carbonyl (C=O) groups excluding carboxylic acids is 1. The van der Waals surface area contributed by atoms with Crippen molar-refractivity contribution in [3.63, 3.8) is 0 Å². The Bertz CT molecular complexity index is 632. The van der Waals surface area contributed by atoms with Crippen molar-refractivity contribution >= 4 is 33.3 Å². The van der Waals surface area contributed by atoms with Crippen molar-refractivity contribution < 1.29 is 14.3 Å². The average molecular weight is 339 g/mol. The molecule has 0 unspecified atom stereocenters. The highest BCUT2D eigenvalue weighted by atomic mass is 79.9. The third kappa shape index (κ3) is 2.97. The first kappa shape index (κ1) is 14.5. The molecule has 0 spiro atoms. The summed E-state index contributed by atoms with van der Waals surface area (Å²) in [6.07, 6.45) is 0. The summed E-state index contributed by atoms with van der Waals surface area (Å²) in [5.74, 6) is -0.594. The molecule has 0 atom stereocenters. The predicted octanol–water partition coefficient (Wildman–Crippen LogP) is 3.30. The minimum absolute atomic E-state index is 0.00590. The van der Waals surface area contributed by atoms with Crippen LogP contribution in [0.4, 0.5) is 20.6 Å². The maximum Gasteiger partial charge on any atom is 0.323 e. The van der Waals surface area contributed by atoms with Crippen molar-refractivity contribution in [1.82, 2.24) is 0 Å². The van der Waals surface area contributed by atoms with Gasteiger partial charge in [0, 0.05) is 4.47 Å². The first-order valence-corrected chi connectivity index (χ1v) is 6.56. The van der Waals surface area contributed by atoms with Gasteiger partial charge in [0.15, 0.2) is 0 Å². The van der Waals surface area contributed by atoms with Crippen LogP contribution in [0.1, 0.15) is 5.56 Å². The minimum Gasteiger partial charge on any atom is -0.392 e. The molecule has 0 aliphatic heterocycles. The molecule has 0 radical (unpaired) electrons. The van der Waals surface area contributed by atoms with Gasteiger partial charge >= 0.3 is 6.03 Å². The standard InChI is InChI=1S/C14H12BrFN2O2/c15-10-2-4-11(5-3-10)18(14(17)20)13-7-9(8-19)1-6-12(13)16/h1-7,19H,8H2,(H2,17,20). The molecule has 4 nitrogen and oxygen atoms in total. The molecule has 0 aliphatic rings. The second-order valence-electron chi connectivity index (χ2n) is 4.09. The van der Waals surface area contributed by atoms with Crippen molar-refractivity contribution in [2.24, 2.45) is 5.73 Å². The molecule has 2 rings (SSSR count). The van der Waals surface area contributed by atoms with E-state index in [2.05, 4.69) is 15.9 Å². The van der Waals surface area contributed by atoms with Crippen LogP contribution in [0.15, 0.2) is 46.9 Å². The molecule has 2 aromatic rings. The molecule has 2 amide bonds. The zero-order valence-corrected chi connectivity index (χ0v) is 12.0. The van der Waals surface area contributed by atoms with Crippen LogP contribution < -0.4 is 10.6 Å². The fourth-order valence-electron chi connectivity index (χ4n) is 1.80. The van der Waals surface area contributed by atoms with Gasteiger partial charge in [-0.3, -0.25) is 4.90 Å². The molecule has 0 fully saturated rings. The topological polar surface area (TPSA) is 66.6 Å². The normalized spacial score (nSPS) is 10.3. The SMILES string of the molecule is NC(=O)N(c1ccc(Br)cc1)c1cc(CO)ccc1F. The third-order valence-electron chi connectivity index (χ3n) is 2.74. The van der Waals surface area contributed by atoms with Crippen LogP contribution in [0.25, 0.3) is 0 Å². The number of nitrogens with two attached hydrogens (primary N) is 1. The molecule has 0 bridgehead atoms. The van der Waals surface area contributed by atoms with E-state index >= 15 is 0 Å². The fourth-order valence-corrected chi connectivity index (χ4v) is 2.07. The van der Waals surface area contributed by atoms with Crippen molar-refractivity contribution in [2.45, 2.75) is 6.61 Å². The lowest BCUT2D eigenvalue weighted by molar-refractivity contribution is 0.256. The molecular formula is C14H12BrFN2O2. The second-order valence-corrected chi connectivity index (χ2v) is 5.01. The van der Waals surface area contributed by atoms with E-state index < -0.39 is 11.8 Å². The van der Waals surface area contributed by atoms with Crippen LogP contribution in [0.5, 0.6) is 0 Å². The van der Waals surface area contributed by atoms with Gasteiger partial charge in [0.05, 0.1) is 18.0 Å². The fraction of sp³-hybridized carbons (Fsp3) is 0.0714. The van der Waals surface area contributed by atoms with E-state index in [1.165, 1.54) is 18.2 Å². The highest BCUT2D eigenvalue weighted by Crippen LogP contribution is 2.29. The zero-order chi connectivity index (χ0) is 14.7. The summed E-state index contributed by atoms with van der Waals surface area (Å²) >= 11 is 3.28. The van der Waals surface area contributed by atoms with E-state index in [9.17, 15) is 9.18 Å². The maximum absolute atomic E-state index is 13.9. The molecular weight excluding hydrogens is 327 g/mol. The lowest BCUT2D eigenvalue weighted by Gasteiger charge is -2.21. The van der Waals surface area contributed by atoms with Gasteiger partial charge in [0.25, 0.3) is 0 Å². The minimum atomic E-state index is -0.804. The third-order valence-corrected chi connectivity index (χ3v) is 3.27. The van der Waals surface area contributed by atoms with Crippen LogP contribution in [-0.2, 0) is 6.61 Å². The number of aliphatic hydroxyl groups excluding tert-OH is 1. The molecule has 20 heavy (non-hydrogen) atoms. The largest absolute Gasteiger partial charge is 0.392 e. The number of hydrogen-bond donors (Lipinski definition) is 2. The van der Waals surface area contributed by atoms with E-state index in [0.717, 1.165) is 9.37 Å². The van der Waals surface area contributed by atoms with Gasteiger partial charge in [0.2, 0.25) is 0 Å².